The third-order valence-corrected chi connectivity index (χ3v) is 3.88. The van der Waals surface area contributed by atoms with E-state index in [4.69, 9.17) is 0 Å². The van der Waals surface area contributed by atoms with Crippen LogP contribution in [0.1, 0.15) is 53.4 Å². The Balaban J connectivity index is -0.000000208. The molecule has 0 spiro atoms. The molecule has 1 nitrogen and oxygen atoms in total. The van der Waals surface area contributed by atoms with Gasteiger partial charge < -0.3 is 17.6 Å². The molecule has 0 aromatic rings. The van der Waals surface area contributed by atoms with E-state index < -0.39 is 0 Å². The molecule has 17 heavy (non-hydrogen) atoms. The molecule has 0 aliphatic carbocycles. The first-order valence-corrected chi connectivity index (χ1v) is 6.83. The van der Waals surface area contributed by atoms with Crippen molar-refractivity contribution >= 4 is 16.9 Å². The number of carbonyl (C=O) groups is 1. The van der Waals surface area contributed by atoms with E-state index in [2.05, 4.69) is 34.1 Å². The van der Waals surface area contributed by atoms with Crippen LogP contribution in [0.5, 0.6) is 0 Å². The zero-order chi connectivity index (χ0) is 11.7. The summed E-state index contributed by atoms with van der Waals surface area (Å²) in [5, 5.41) is 0.847. The predicted molar refractivity (Wildman–Crippen MR) is 69.6 cm³/mol. The van der Waals surface area contributed by atoms with Crippen LogP contribution in [0.25, 0.3) is 0 Å². The van der Waals surface area contributed by atoms with Gasteiger partial charge in [-0.15, -0.1) is 18.2 Å². The van der Waals surface area contributed by atoms with Crippen molar-refractivity contribution in [2.45, 2.75) is 58.6 Å². The molecule has 1 rings (SSSR count). The molecular formula is C13H24OSY2-2. The quantitative estimate of drug-likeness (QED) is 0.649. The Morgan fingerprint density at radius 3 is 2.24 bits per heavy atom. The molecule has 4 heteroatoms. The molecule has 0 amide bonds. The molecule has 0 bridgehead atoms. The number of rotatable bonds is 4. The third-order valence-electron chi connectivity index (χ3n) is 2.62. The van der Waals surface area contributed by atoms with E-state index in [1.807, 2.05) is 0 Å². The fourth-order valence-corrected chi connectivity index (χ4v) is 2.19. The van der Waals surface area contributed by atoms with E-state index in [1.54, 1.807) is 6.42 Å². The molecule has 2 atom stereocenters. The van der Waals surface area contributed by atoms with Crippen LogP contribution >= 0.6 is 11.8 Å². The first kappa shape index (κ1) is 24.1. The molecule has 0 N–H and O–H groups in total. The summed E-state index contributed by atoms with van der Waals surface area (Å²) in [6.07, 6.45) is 8.70. The Hall–Kier alpha value is 2.10. The SMILES string of the molecule is CC[C@@H]1C[CH-]C(=O)S1.C[CH-]CC(C)CC.[Y].[Y]. The van der Waals surface area contributed by atoms with Crippen molar-refractivity contribution in [3.63, 3.8) is 0 Å². The molecule has 1 aliphatic rings. The average molecular weight is 406 g/mol. The van der Waals surface area contributed by atoms with E-state index in [0.717, 1.165) is 18.8 Å². The summed E-state index contributed by atoms with van der Waals surface area (Å²) in [4.78, 5) is 10.5. The Bertz CT molecular complexity index is 177. The number of thioether (sulfide) groups is 1. The van der Waals surface area contributed by atoms with E-state index in [9.17, 15) is 4.79 Å². The van der Waals surface area contributed by atoms with Crippen LogP contribution in [-0.2, 0) is 70.2 Å². The van der Waals surface area contributed by atoms with Gasteiger partial charge in [0.05, 0.1) is 5.12 Å². The van der Waals surface area contributed by atoms with Gasteiger partial charge in [-0.1, -0.05) is 33.1 Å². The second kappa shape index (κ2) is 16.2. The maximum atomic E-state index is 10.5. The molecule has 0 aromatic carbocycles. The Labute approximate surface area is 162 Å². The van der Waals surface area contributed by atoms with Crippen LogP contribution in [0, 0.1) is 18.8 Å². The average Bonchev–Trinajstić information content (AvgIpc) is 2.65. The van der Waals surface area contributed by atoms with Crippen LogP contribution in [0.15, 0.2) is 0 Å². The first-order valence-electron chi connectivity index (χ1n) is 5.95. The standard InChI is InChI=1S/C7H15.C6H9OS.2Y/c1-4-6-7(3)5-2;1-2-5-3-4-6(7)8-5;;/h4,7H,5-6H2,1-3H3;4-5H,2-3H2,1H3;;/q2*-1;;/t;5-;;/m.1../s1. The zero-order valence-electron chi connectivity index (χ0n) is 11.6. The summed E-state index contributed by atoms with van der Waals surface area (Å²) in [7, 11) is 0. The van der Waals surface area contributed by atoms with E-state index >= 15 is 0 Å². The Morgan fingerprint density at radius 2 is 2.06 bits per heavy atom. The molecule has 1 aliphatic heterocycles. The maximum Gasteiger partial charge on any atom is 0.0546 e. The van der Waals surface area contributed by atoms with Gasteiger partial charge in [0, 0.05) is 65.4 Å². The van der Waals surface area contributed by atoms with Crippen molar-refractivity contribution in [3.8, 4) is 0 Å². The summed E-state index contributed by atoms with van der Waals surface area (Å²) in [6, 6.07) is 0. The molecular weight excluding hydrogens is 382 g/mol. The minimum atomic E-state index is 0. The predicted octanol–water partition coefficient (Wildman–Crippen LogP) is 4.27. The maximum absolute atomic E-state index is 10.5. The summed E-state index contributed by atoms with van der Waals surface area (Å²) in [5.74, 6) is 0.894. The summed E-state index contributed by atoms with van der Waals surface area (Å²) >= 11 is 1.47. The van der Waals surface area contributed by atoms with Gasteiger partial charge in [-0.05, 0) is 11.7 Å². The fraction of sp³-hybridized carbons (Fsp3) is 0.769. The first-order chi connectivity index (χ1) is 7.13. The van der Waals surface area contributed by atoms with Crippen molar-refractivity contribution in [2.75, 3.05) is 0 Å². The van der Waals surface area contributed by atoms with Crippen LogP contribution in [-0.4, -0.2) is 10.4 Å². The van der Waals surface area contributed by atoms with Crippen molar-refractivity contribution in [2.24, 2.45) is 5.92 Å². The summed E-state index contributed by atoms with van der Waals surface area (Å²) in [5.41, 5.74) is 0. The number of carbonyl (C=O) groups excluding carboxylic acids is 1. The van der Waals surface area contributed by atoms with Gasteiger partial charge in [0.25, 0.3) is 0 Å². The van der Waals surface area contributed by atoms with Gasteiger partial charge in [0.1, 0.15) is 0 Å². The molecule has 0 saturated carbocycles. The fourth-order valence-electron chi connectivity index (χ4n) is 1.31. The van der Waals surface area contributed by atoms with Crippen LogP contribution < -0.4 is 0 Å². The van der Waals surface area contributed by atoms with Gasteiger partial charge in [-0.25, -0.2) is 0 Å². The van der Waals surface area contributed by atoms with Gasteiger partial charge in [0.2, 0.25) is 0 Å². The van der Waals surface area contributed by atoms with Crippen molar-refractivity contribution in [3.05, 3.63) is 12.8 Å². The molecule has 1 heterocycles. The van der Waals surface area contributed by atoms with Crippen LogP contribution in [0.4, 0.5) is 0 Å². The Kier molecular flexibility index (Phi) is 22.9. The minimum absolute atomic E-state index is 0. The number of hydrogen-bond donors (Lipinski definition) is 0. The van der Waals surface area contributed by atoms with E-state index in [0.29, 0.717) is 5.25 Å². The normalized spacial score (nSPS) is 19.1. The van der Waals surface area contributed by atoms with Crippen molar-refractivity contribution < 1.29 is 70.2 Å². The van der Waals surface area contributed by atoms with Gasteiger partial charge in [0.15, 0.2) is 0 Å². The van der Waals surface area contributed by atoms with Gasteiger partial charge in [-0.2, -0.15) is 13.3 Å². The third kappa shape index (κ3) is 14.3. The summed E-state index contributed by atoms with van der Waals surface area (Å²) < 4.78 is 0. The smallest absolute Gasteiger partial charge is 0.0546 e. The molecule has 1 saturated heterocycles. The van der Waals surface area contributed by atoms with Crippen molar-refractivity contribution in [1.82, 2.24) is 0 Å². The minimum Gasteiger partial charge on any atom is -0.331 e. The van der Waals surface area contributed by atoms with Crippen LogP contribution in [0.3, 0.4) is 0 Å². The number of hydrogen-bond acceptors (Lipinski definition) is 2. The van der Waals surface area contributed by atoms with Gasteiger partial charge in [-0.3, -0.25) is 0 Å². The second-order valence-corrected chi connectivity index (χ2v) is 5.37. The van der Waals surface area contributed by atoms with Crippen molar-refractivity contribution in [1.29, 1.82) is 0 Å². The molecule has 1 fully saturated rings. The topological polar surface area (TPSA) is 17.1 Å². The molecule has 96 valence electrons. The van der Waals surface area contributed by atoms with Gasteiger partial charge >= 0.3 is 0 Å². The Morgan fingerprint density at radius 1 is 1.47 bits per heavy atom. The summed E-state index contributed by atoms with van der Waals surface area (Å²) in [6.45, 7) is 8.74. The molecule has 2 radical (unpaired) electrons. The van der Waals surface area contributed by atoms with E-state index in [1.165, 1.54) is 24.6 Å². The van der Waals surface area contributed by atoms with Crippen LogP contribution in [0.2, 0.25) is 0 Å². The second-order valence-electron chi connectivity index (χ2n) is 4.06. The molecule has 0 aromatic heterocycles. The monoisotopic (exact) mass is 406 g/mol. The zero-order valence-corrected chi connectivity index (χ0v) is 18.1. The van der Waals surface area contributed by atoms with E-state index in [-0.39, 0.29) is 70.5 Å². The molecule has 1 unspecified atom stereocenters. The largest absolute Gasteiger partial charge is 0.331 e.